The molecule has 0 spiro atoms. The number of nitrogens with zero attached hydrogens (tertiary/aromatic N) is 4. The SMILES string of the molecule is CC1CCN(Cc2nc(N3CCC(NCCO)CC3)c3c4c(sc3n2)CCC4)CC1. The molecule has 0 aromatic carbocycles. The maximum atomic E-state index is 9.10. The fourth-order valence-electron chi connectivity index (χ4n) is 5.30. The van der Waals surface area contributed by atoms with Gasteiger partial charge in [-0.1, -0.05) is 6.92 Å². The summed E-state index contributed by atoms with van der Waals surface area (Å²) in [5.74, 6) is 3.05. The Morgan fingerprint density at radius 3 is 2.63 bits per heavy atom. The second-order valence-corrected chi connectivity index (χ2v) is 10.5. The van der Waals surface area contributed by atoms with E-state index < -0.39 is 0 Å². The third-order valence-corrected chi connectivity index (χ3v) is 8.36. The molecule has 0 radical (unpaired) electrons. The molecule has 4 heterocycles. The van der Waals surface area contributed by atoms with Gasteiger partial charge >= 0.3 is 0 Å². The molecule has 0 unspecified atom stereocenters. The predicted molar refractivity (Wildman–Crippen MR) is 123 cm³/mol. The van der Waals surface area contributed by atoms with Crippen LogP contribution in [0.4, 0.5) is 5.82 Å². The van der Waals surface area contributed by atoms with E-state index in [4.69, 9.17) is 15.1 Å². The van der Waals surface area contributed by atoms with Gasteiger partial charge in [-0.3, -0.25) is 4.90 Å². The number of piperidine rings is 2. The summed E-state index contributed by atoms with van der Waals surface area (Å²) in [6.07, 6.45) is 8.46. The van der Waals surface area contributed by atoms with Crippen LogP contribution in [0.2, 0.25) is 0 Å². The fourth-order valence-corrected chi connectivity index (χ4v) is 6.58. The van der Waals surface area contributed by atoms with Crippen LogP contribution in [0.5, 0.6) is 0 Å². The van der Waals surface area contributed by atoms with Crippen LogP contribution in [0.1, 0.15) is 55.3 Å². The summed E-state index contributed by atoms with van der Waals surface area (Å²) in [6.45, 7) is 8.55. The van der Waals surface area contributed by atoms with E-state index in [1.807, 2.05) is 11.3 Å². The van der Waals surface area contributed by atoms with Crippen LogP contribution in [0.15, 0.2) is 0 Å². The lowest BCUT2D eigenvalue weighted by Gasteiger charge is -2.34. The van der Waals surface area contributed by atoms with Crippen molar-refractivity contribution in [1.29, 1.82) is 0 Å². The van der Waals surface area contributed by atoms with E-state index in [1.54, 1.807) is 4.88 Å². The molecule has 6 nitrogen and oxygen atoms in total. The molecule has 2 N–H and O–H groups in total. The summed E-state index contributed by atoms with van der Waals surface area (Å²) in [7, 11) is 0. The van der Waals surface area contributed by atoms with E-state index >= 15 is 0 Å². The number of thiophene rings is 1. The van der Waals surface area contributed by atoms with Gasteiger partial charge in [0.1, 0.15) is 16.5 Å². The summed E-state index contributed by atoms with van der Waals surface area (Å²) in [5.41, 5.74) is 1.53. The van der Waals surface area contributed by atoms with Gasteiger partial charge < -0.3 is 15.3 Å². The van der Waals surface area contributed by atoms with Gasteiger partial charge in [-0.2, -0.15) is 0 Å². The van der Waals surface area contributed by atoms with Gasteiger partial charge in [-0.25, -0.2) is 9.97 Å². The Hall–Kier alpha value is -1.28. The summed E-state index contributed by atoms with van der Waals surface area (Å²) in [5, 5.41) is 13.9. The predicted octanol–water partition coefficient (Wildman–Crippen LogP) is 2.96. The van der Waals surface area contributed by atoms with Crippen LogP contribution < -0.4 is 10.2 Å². The first kappa shape index (κ1) is 20.6. The van der Waals surface area contributed by atoms with Crippen LogP contribution in [0.3, 0.4) is 0 Å². The number of hydrogen-bond donors (Lipinski definition) is 2. The highest BCUT2D eigenvalue weighted by atomic mass is 32.1. The molecule has 30 heavy (non-hydrogen) atoms. The van der Waals surface area contributed by atoms with Crippen LogP contribution in [-0.4, -0.2) is 65.3 Å². The molecule has 3 aliphatic rings. The maximum absolute atomic E-state index is 9.10. The third kappa shape index (κ3) is 4.22. The largest absolute Gasteiger partial charge is 0.395 e. The minimum atomic E-state index is 0.215. The van der Waals surface area contributed by atoms with Gasteiger partial charge in [0.25, 0.3) is 0 Å². The summed E-state index contributed by atoms with van der Waals surface area (Å²) >= 11 is 1.92. The number of anilines is 1. The molecule has 0 amide bonds. The Morgan fingerprint density at radius 1 is 1.07 bits per heavy atom. The second-order valence-electron chi connectivity index (χ2n) is 9.40. The van der Waals surface area contributed by atoms with Crippen molar-refractivity contribution in [2.75, 3.05) is 44.2 Å². The van der Waals surface area contributed by atoms with Crippen molar-refractivity contribution in [2.24, 2.45) is 5.92 Å². The molecule has 1 aliphatic carbocycles. The number of aromatic nitrogens is 2. The lowest BCUT2D eigenvalue weighted by Crippen LogP contribution is -2.43. The molecule has 0 saturated carbocycles. The van der Waals surface area contributed by atoms with Gasteiger partial charge in [-0.05, 0) is 69.5 Å². The Bertz CT molecular complexity index is 868. The van der Waals surface area contributed by atoms with Crippen molar-refractivity contribution in [3.8, 4) is 0 Å². The van der Waals surface area contributed by atoms with Crippen molar-refractivity contribution in [3.05, 3.63) is 16.3 Å². The van der Waals surface area contributed by atoms with Crippen molar-refractivity contribution in [3.63, 3.8) is 0 Å². The molecule has 5 rings (SSSR count). The number of aliphatic hydroxyl groups is 1. The van der Waals surface area contributed by atoms with Gasteiger partial charge in [0, 0.05) is 30.6 Å². The first-order valence-electron chi connectivity index (χ1n) is 11.8. The van der Waals surface area contributed by atoms with E-state index in [0.717, 1.165) is 44.2 Å². The van der Waals surface area contributed by atoms with Crippen molar-refractivity contribution in [1.82, 2.24) is 20.2 Å². The highest BCUT2D eigenvalue weighted by molar-refractivity contribution is 7.19. The molecule has 2 saturated heterocycles. The number of aliphatic hydroxyl groups excluding tert-OH is 1. The second kappa shape index (κ2) is 9.07. The summed E-state index contributed by atoms with van der Waals surface area (Å²) < 4.78 is 0. The van der Waals surface area contributed by atoms with Crippen LogP contribution in [0, 0.1) is 5.92 Å². The first-order valence-corrected chi connectivity index (χ1v) is 12.7. The molecular weight excluding hydrogens is 394 g/mol. The zero-order valence-electron chi connectivity index (χ0n) is 18.2. The molecule has 0 atom stereocenters. The van der Waals surface area contributed by atoms with E-state index in [1.165, 1.54) is 66.8 Å². The zero-order valence-corrected chi connectivity index (χ0v) is 19.0. The number of rotatable bonds is 6. The van der Waals surface area contributed by atoms with Crippen molar-refractivity contribution in [2.45, 2.75) is 64.5 Å². The zero-order chi connectivity index (χ0) is 20.5. The van der Waals surface area contributed by atoms with E-state index in [9.17, 15) is 0 Å². The summed E-state index contributed by atoms with van der Waals surface area (Å²) in [6, 6.07) is 0.508. The van der Waals surface area contributed by atoms with Gasteiger partial charge in [-0.15, -0.1) is 11.3 Å². The minimum Gasteiger partial charge on any atom is -0.395 e. The van der Waals surface area contributed by atoms with E-state index in [2.05, 4.69) is 22.0 Å². The van der Waals surface area contributed by atoms with Gasteiger partial charge in [0.05, 0.1) is 18.5 Å². The molecule has 0 bridgehead atoms. The first-order chi connectivity index (χ1) is 14.7. The third-order valence-electron chi connectivity index (χ3n) is 7.17. The molecule has 7 heteroatoms. The molecule has 2 aliphatic heterocycles. The van der Waals surface area contributed by atoms with Crippen molar-refractivity contribution < 1.29 is 5.11 Å². The highest BCUT2D eigenvalue weighted by Crippen LogP contribution is 2.41. The minimum absolute atomic E-state index is 0.215. The highest BCUT2D eigenvalue weighted by Gasteiger charge is 2.28. The number of fused-ring (bicyclic) bond motifs is 3. The number of nitrogens with one attached hydrogen (secondary N) is 1. The summed E-state index contributed by atoms with van der Waals surface area (Å²) in [4.78, 5) is 18.1. The number of likely N-dealkylation sites (tertiary alicyclic amines) is 1. The normalized spacial score (nSPS) is 21.6. The number of hydrogen-bond acceptors (Lipinski definition) is 7. The van der Waals surface area contributed by atoms with Crippen molar-refractivity contribution >= 4 is 27.4 Å². The smallest absolute Gasteiger partial charge is 0.146 e. The van der Waals surface area contributed by atoms with Gasteiger partial charge in [0.2, 0.25) is 0 Å². The standard InChI is InChI=1S/C23H35N5OS/c1-16-5-10-27(11-6-16)15-20-25-22(28-12-7-17(8-13-28)24-9-14-29)21-18-3-2-4-19(18)30-23(21)26-20/h16-17,24,29H,2-15H2,1H3. The van der Waals surface area contributed by atoms with Gasteiger partial charge in [0.15, 0.2) is 0 Å². The Morgan fingerprint density at radius 2 is 1.87 bits per heavy atom. The fraction of sp³-hybridized carbons (Fsp3) is 0.739. The van der Waals surface area contributed by atoms with Crippen LogP contribution in [-0.2, 0) is 19.4 Å². The Labute approximate surface area is 183 Å². The maximum Gasteiger partial charge on any atom is 0.146 e. The van der Waals surface area contributed by atoms with E-state index in [0.29, 0.717) is 12.6 Å². The number of aryl methyl sites for hydroxylation is 2. The Balaban J connectivity index is 1.40. The van der Waals surface area contributed by atoms with Crippen LogP contribution >= 0.6 is 11.3 Å². The molecule has 2 fully saturated rings. The molecular formula is C23H35N5OS. The molecule has 2 aromatic heterocycles. The monoisotopic (exact) mass is 429 g/mol. The quantitative estimate of drug-likeness (QED) is 0.736. The average Bonchev–Trinajstić information content (AvgIpc) is 3.35. The molecule has 164 valence electrons. The Kier molecular flexibility index (Phi) is 6.23. The molecule has 2 aromatic rings. The van der Waals surface area contributed by atoms with E-state index in [-0.39, 0.29) is 6.61 Å². The topological polar surface area (TPSA) is 64.5 Å². The lowest BCUT2D eigenvalue weighted by molar-refractivity contribution is 0.181. The van der Waals surface area contributed by atoms with Crippen LogP contribution in [0.25, 0.3) is 10.2 Å². The average molecular weight is 430 g/mol. The lowest BCUT2D eigenvalue weighted by atomic mass is 9.99.